The number of hydrogen-bond acceptors (Lipinski definition) is 1. The lowest BCUT2D eigenvalue weighted by Gasteiger charge is -2.33. The summed E-state index contributed by atoms with van der Waals surface area (Å²) < 4.78 is 0. The van der Waals surface area contributed by atoms with E-state index in [1.807, 2.05) is 0 Å². The number of amides is 2. The smallest absolute Gasteiger partial charge is 0.315 e. The molecule has 0 fully saturated rings. The largest absolute Gasteiger partial charge is 0.338 e. The number of nitrogens with one attached hydrogen (secondary N) is 2. The Morgan fingerprint density at radius 1 is 1.12 bits per heavy atom. The van der Waals surface area contributed by atoms with E-state index >= 15 is 0 Å². The lowest BCUT2D eigenvalue weighted by Crippen LogP contribution is -2.50. The Balaban J connectivity index is 4.00. The molecular weight excluding hydrogens is 200 g/mol. The molecule has 0 rings (SSSR count). The van der Waals surface area contributed by atoms with Crippen LogP contribution >= 0.6 is 0 Å². The van der Waals surface area contributed by atoms with Crippen molar-refractivity contribution in [1.29, 1.82) is 0 Å². The summed E-state index contributed by atoms with van der Waals surface area (Å²) >= 11 is 0. The van der Waals surface area contributed by atoms with Crippen LogP contribution < -0.4 is 10.6 Å². The van der Waals surface area contributed by atoms with Crippen molar-refractivity contribution in [1.82, 2.24) is 10.6 Å². The van der Waals surface area contributed by atoms with Gasteiger partial charge >= 0.3 is 6.03 Å². The van der Waals surface area contributed by atoms with Crippen LogP contribution in [-0.4, -0.2) is 18.1 Å². The Morgan fingerprint density at radius 2 is 1.69 bits per heavy atom. The quantitative estimate of drug-likeness (QED) is 0.696. The van der Waals surface area contributed by atoms with E-state index in [2.05, 4.69) is 52.2 Å². The van der Waals surface area contributed by atoms with Crippen LogP contribution in [0.3, 0.4) is 0 Å². The van der Waals surface area contributed by atoms with Gasteiger partial charge in [0.2, 0.25) is 0 Å². The molecule has 0 spiro atoms. The van der Waals surface area contributed by atoms with Crippen molar-refractivity contribution in [3.05, 3.63) is 0 Å². The normalized spacial score (nSPS) is 12.4. The highest BCUT2D eigenvalue weighted by molar-refractivity contribution is 5.74. The van der Waals surface area contributed by atoms with Gasteiger partial charge in [0.05, 0.1) is 0 Å². The lowest BCUT2D eigenvalue weighted by molar-refractivity contribution is 0.210. The standard InChI is InChI=1S/C13H28N2O/c1-7-8-9-14-11(16)15-13(5,6)10-12(2,3)4/h7-10H2,1-6H3,(H2,14,15,16). The monoisotopic (exact) mass is 228 g/mol. The molecule has 16 heavy (non-hydrogen) atoms. The van der Waals surface area contributed by atoms with Gasteiger partial charge in [0.1, 0.15) is 0 Å². The van der Waals surface area contributed by atoms with Crippen LogP contribution in [0.4, 0.5) is 4.79 Å². The number of carbonyl (C=O) groups is 1. The van der Waals surface area contributed by atoms with Crippen molar-refractivity contribution in [2.45, 2.75) is 66.3 Å². The highest BCUT2D eigenvalue weighted by Gasteiger charge is 2.26. The van der Waals surface area contributed by atoms with Crippen LogP contribution in [0, 0.1) is 5.41 Å². The van der Waals surface area contributed by atoms with Gasteiger partial charge in [-0.05, 0) is 32.1 Å². The van der Waals surface area contributed by atoms with Gasteiger partial charge in [-0.25, -0.2) is 4.79 Å². The van der Waals surface area contributed by atoms with Crippen molar-refractivity contribution < 1.29 is 4.79 Å². The van der Waals surface area contributed by atoms with Crippen molar-refractivity contribution in [2.75, 3.05) is 6.54 Å². The zero-order valence-electron chi connectivity index (χ0n) is 11.7. The summed E-state index contributed by atoms with van der Waals surface area (Å²) in [7, 11) is 0. The second-order valence-electron chi connectivity index (χ2n) is 6.36. The fourth-order valence-electron chi connectivity index (χ4n) is 2.10. The van der Waals surface area contributed by atoms with E-state index in [1.54, 1.807) is 0 Å². The van der Waals surface area contributed by atoms with Gasteiger partial charge in [0, 0.05) is 12.1 Å². The first-order valence-electron chi connectivity index (χ1n) is 6.22. The second-order valence-corrected chi connectivity index (χ2v) is 6.36. The average Bonchev–Trinajstić information content (AvgIpc) is 1.98. The van der Waals surface area contributed by atoms with E-state index in [9.17, 15) is 4.79 Å². The topological polar surface area (TPSA) is 41.1 Å². The molecule has 0 heterocycles. The molecule has 96 valence electrons. The summed E-state index contributed by atoms with van der Waals surface area (Å²) in [6, 6.07) is -0.0531. The van der Waals surface area contributed by atoms with Crippen LogP contribution in [0.25, 0.3) is 0 Å². The first-order valence-corrected chi connectivity index (χ1v) is 6.22. The minimum Gasteiger partial charge on any atom is -0.338 e. The molecule has 0 aromatic carbocycles. The first kappa shape index (κ1) is 15.3. The van der Waals surface area contributed by atoms with Gasteiger partial charge in [-0.1, -0.05) is 34.1 Å². The number of unbranched alkanes of at least 4 members (excludes halogenated alkanes) is 1. The zero-order valence-corrected chi connectivity index (χ0v) is 11.7. The second kappa shape index (κ2) is 6.12. The van der Waals surface area contributed by atoms with E-state index < -0.39 is 0 Å². The van der Waals surface area contributed by atoms with Crippen LogP contribution in [0.15, 0.2) is 0 Å². The number of rotatable bonds is 5. The third kappa shape index (κ3) is 8.57. The summed E-state index contributed by atoms with van der Waals surface area (Å²) in [5.74, 6) is 0. The maximum Gasteiger partial charge on any atom is 0.315 e. The van der Waals surface area contributed by atoms with Gasteiger partial charge < -0.3 is 10.6 Å². The maximum atomic E-state index is 11.6. The predicted octanol–water partition coefficient (Wildman–Crippen LogP) is 3.30. The molecular formula is C13H28N2O. The maximum absolute atomic E-state index is 11.6. The fraction of sp³-hybridized carbons (Fsp3) is 0.923. The Labute approximate surface area is 100 Å². The Bertz CT molecular complexity index is 216. The lowest BCUT2D eigenvalue weighted by atomic mass is 9.82. The molecule has 2 amide bonds. The van der Waals surface area contributed by atoms with Crippen LogP contribution in [0.1, 0.15) is 60.8 Å². The summed E-state index contributed by atoms with van der Waals surface area (Å²) in [4.78, 5) is 11.6. The molecule has 0 saturated heterocycles. The van der Waals surface area contributed by atoms with Gasteiger partial charge in [0.25, 0.3) is 0 Å². The molecule has 0 bridgehead atoms. The molecule has 0 aliphatic rings. The number of urea groups is 1. The Kier molecular flexibility index (Phi) is 5.84. The summed E-state index contributed by atoms with van der Waals surface area (Å²) in [6.07, 6.45) is 3.10. The van der Waals surface area contributed by atoms with E-state index in [0.29, 0.717) is 0 Å². The number of carbonyl (C=O) groups excluding carboxylic acids is 1. The SMILES string of the molecule is CCCCNC(=O)NC(C)(C)CC(C)(C)C. The summed E-state index contributed by atoms with van der Waals surface area (Å²) in [5, 5.41) is 5.90. The van der Waals surface area contributed by atoms with Crippen molar-refractivity contribution in [3.63, 3.8) is 0 Å². The van der Waals surface area contributed by atoms with Gasteiger partial charge in [-0.3, -0.25) is 0 Å². The van der Waals surface area contributed by atoms with Crippen LogP contribution in [0.5, 0.6) is 0 Å². The average molecular weight is 228 g/mol. The van der Waals surface area contributed by atoms with E-state index in [4.69, 9.17) is 0 Å². The van der Waals surface area contributed by atoms with Crippen LogP contribution in [0.2, 0.25) is 0 Å². The molecule has 3 heteroatoms. The van der Waals surface area contributed by atoms with Crippen molar-refractivity contribution >= 4 is 6.03 Å². The Hall–Kier alpha value is -0.730. The minimum atomic E-state index is -0.158. The van der Waals surface area contributed by atoms with Crippen LogP contribution in [-0.2, 0) is 0 Å². The van der Waals surface area contributed by atoms with Crippen molar-refractivity contribution in [2.24, 2.45) is 5.41 Å². The molecule has 0 aliphatic heterocycles. The zero-order chi connectivity index (χ0) is 12.8. The molecule has 0 radical (unpaired) electrons. The Morgan fingerprint density at radius 3 is 2.12 bits per heavy atom. The molecule has 0 aliphatic carbocycles. The minimum absolute atomic E-state index is 0.0531. The van der Waals surface area contributed by atoms with Crippen molar-refractivity contribution in [3.8, 4) is 0 Å². The number of hydrogen-bond donors (Lipinski definition) is 2. The molecule has 2 N–H and O–H groups in total. The molecule has 0 unspecified atom stereocenters. The molecule has 0 aromatic rings. The third-order valence-corrected chi connectivity index (χ3v) is 2.24. The summed E-state index contributed by atoms with van der Waals surface area (Å²) in [5.41, 5.74) is 0.0642. The van der Waals surface area contributed by atoms with E-state index in [-0.39, 0.29) is 17.0 Å². The first-order chi connectivity index (χ1) is 7.16. The van der Waals surface area contributed by atoms with E-state index in [0.717, 1.165) is 25.8 Å². The molecule has 0 saturated carbocycles. The predicted molar refractivity (Wildman–Crippen MR) is 69.6 cm³/mol. The van der Waals surface area contributed by atoms with Gasteiger partial charge in [-0.2, -0.15) is 0 Å². The molecule has 0 aromatic heterocycles. The van der Waals surface area contributed by atoms with Gasteiger partial charge in [-0.15, -0.1) is 0 Å². The third-order valence-electron chi connectivity index (χ3n) is 2.24. The molecule has 3 nitrogen and oxygen atoms in total. The van der Waals surface area contributed by atoms with E-state index in [1.165, 1.54) is 0 Å². The fourth-order valence-corrected chi connectivity index (χ4v) is 2.10. The highest BCUT2D eigenvalue weighted by Crippen LogP contribution is 2.26. The highest BCUT2D eigenvalue weighted by atomic mass is 16.2. The van der Waals surface area contributed by atoms with Gasteiger partial charge in [0.15, 0.2) is 0 Å². The summed E-state index contributed by atoms with van der Waals surface area (Å²) in [6.45, 7) is 13.6. The molecule has 0 atom stereocenters.